The van der Waals surface area contributed by atoms with Gasteiger partial charge in [0.1, 0.15) is 17.8 Å². The number of aromatic nitrogens is 1. The number of hydrogen-bond donors (Lipinski definition) is 0. The fraction of sp³-hybridized carbons (Fsp3) is 0.250. The molecule has 0 aliphatic carbocycles. The molecule has 0 aliphatic rings. The zero-order valence-corrected chi connectivity index (χ0v) is 20.8. The van der Waals surface area contributed by atoms with Crippen molar-refractivity contribution < 1.29 is 22.7 Å². The minimum Gasteiger partial charge on any atom is -0.497 e. The van der Waals surface area contributed by atoms with Gasteiger partial charge in [-0.1, -0.05) is 44.0 Å². The average molecular weight is 492 g/mol. The summed E-state index contributed by atoms with van der Waals surface area (Å²) in [6.07, 6.45) is 4.07. The summed E-state index contributed by atoms with van der Waals surface area (Å²) in [4.78, 5) is 11.7. The van der Waals surface area contributed by atoms with E-state index < -0.39 is 10.0 Å². The minimum absolute atomic E-state index is 0.154. The fourth-order valence-corrected chi connectivity index (χ4v) is 5.68. The smallest absolute Gasteiger partial charge is 0.268 e. The SMILES string of the molecule is CCCCCOc1ccc(CC=O)c(-c2cc3cc(OC)ccc3n2S(=O)(=O)c2ccccc2)c1. The van der Waals surface area contributed by atoms with Crippen LogP contribution in [-0.4, -0.2) is 32.4 Å². The van der Waals surface area contributed by atoms with Gasteiger partial charge < -0.3 is 14.3 Å². The van der Waals surface area contributed by atoms with Crippen LogP contribution < -0.4 is 9.47 Å². The van der Waals surface area contributed by atoms with E-state index in [1.165, 1.54) is 3.97 Å². The Labute approximate surface area is 206 Å². The summed E-state index contributed by atoms with van der Waals surface area (Å²) in [5.74, 6) is 1.26. The molecule has 0 saturated heterocycles. The number of aldehydes is 1. The van der Waals surface area contributed by atoms with Crippen molar-refractivity contribution in [1.82, 2.24) is 3.97 Å². The van der Waals surface area contributed by atoms with Gasteiger partial charge in [0.15, 0.2) is 0 Å². The van der Waals surface area contributed by atoms with Crippen molar-refractivity contribution in [2.75, 3.05) is 13.7 Å². The Bertz CT molecular complexity index is 1420. The van der Waals surface area contributed by atoms with Gasteiger partial charge in [-0.15, -0.1) is 0 Å². The Kier molecular flexibility index (Phi) is 7.56. The summed E-state index contributed by atoms with van der Waals surface area (Å²) < 4.78 is 40.4. The maximum atomic E-state index is 13.9. The summed E-state index contributed by atoms with van der Waals surface area (Å²) >= 11 is 0. The number of fused-ring (bicyclic) bond motifs is 1. The van der Waals surface area contributed by atoms with Gasteiger partial charge >= 0.3 is 0 Å². The molecule has 4 aromatic rings. The van der Waals surface area contributed by atoms with E-state index in [1.807, 2.05) is 24.3 Å². The lowest BCUT2D eigenvalue weighted by atomic mass is 10.0. The van der Waals surface area contributed by atoms with Crippen molar-refractivity contribution in [2.24, 2.45) is 0 Å². The lowest BCUT2D eigenvalue weighted by Crippen LogP contribution is -2.14. The molecular weight excluding hydrogens is 462 g/mol. The second-order valence-corrected chi connectivity index (χ2v) is 10.1. The molecule has 182 valence electrons. The van der Waals surface area contributed by atoms with Crippen molar-refractivity contribution in [1.29, 1.82) is 0 Å². The van der Waals surface area contributed by atoms with Gasteiger partial charge in [0.05, 0.1) is 29.8 Å². The van der Waals surface area contributed by atoms with E-state index in [2.05, 4.69) is 6.92 Å². The van der Waals surface area contributed by atoms with Gasteiger partial charge in [-0.3, -0.25) is 0 Å². The van der Waals surface area contributed by atoms with Gasteiger partial charge in [-0.25, -0.2) is 12.4 Å². The monoisotopic (exact) mass is 491 g/mol. The second kappa shape index (κ2) is 10.8. The molecule has 0 N–H and O–H groups in total. The zero-order chi connectivity index (χ0) is 24.8. The maximum Gasteiger partial charge on any atom is 0.268 e. The quantitative estimate of drug-likeness (QED) is 0.194. The van der Waals surface area contributed by atoms with Crippen LogP contribution in [0.3, 0.4) is 0 Å². The van der Waals surface area contributed by atoms with Crippen LogP contribution in [0.4, 0.5) is 0 Å². The molecule has 0 amide bonds. The van der Waals surface area contributed by atoms with Gasteiger partial charge in [0.2, 0.25) is 0 Å². The molecule has 0 radical (unpaired) electrons. The number of unbranched alkanes of at least 4 members (excludes halogenated alkanes) is 2. The Hall–Kier alpha value is -3.58. The van der Waals surface area contributed by atoms with E-state index in [1.54, 1.807) is 55.6 Å². The first-order chi connectivity index (χ1) is 17.0. The van der Waals surface area contributed by atoms with Gasteiger partial charge in [-0.2, -0.15) is 0 Å². The molecule has 1 heterocycles. The van der Waals surface area contributed by atoms with Crippen molar-refractivity contribution in [3.05, 3.63) is 78.4 Å². The minimum atomic E-state index is -3.94. The van der Waals surface area contributed by atoms with Gasteiger partial charge in [-0.05, 0) is 60.5 Å². The topological polar surface area (TPSA) is 74.6 Å². The third-order valence-corrected chi connectivity index (χ3v) is 7.67. The van der Waals surface area contributed by atoms with E-state index in [-0.39, 0.29) is 11.3 Å². The van der Waals surface area contributed by atoms with Crippen LogP contribution in [0, 0.1) is 0 Å². The molecule has 0 bridgehead atoms. The van der Waals surface area contributed by atoms with Crippen LogP contribution in [0.1, 0.15) is 31.7 Å². The van der Waals surface area contributed by atoms with Crippen LogP contribution in [-0.2, 0) is 21.2 Å². The van der Waals surface area contributed by atoms with E-state index in [9.17, 15) is 13.2 Å². The van der Waals surface area contributed by atoms with E-state index in [4.69, 9.17) is 9.47 Å². The highest BCUT2D eigenvalue weighted by atomic mass is 32.2. The largest absolute Gasteiger partial charge is 0.497 e. The highest BCUT2D eigenvalue weighted by Gasteiger charge is 2.25. The number of benzene rings is 3. The summed E-state index contributed by atoms with van der Waals surface area (Å²) in [5.41, 5.74) is 2.35. The van der Waals surface area contributed by atoms with Crippen molar-refractivity contribution in [3.8, 4) is 22.8 Å². The van der Waals surface area contributed by atoms with Crippen molar-refractivity contribution in [3.63, 3.8) is 0 Å². The molecule has 6 nitrogen and oxygen atoms in total. The first-order valence-electron chi connectivity index (χ1n) is 11.7. The number of ether oxygens (including phenoxy) is 2. The summed E-state index contributed by atoms with van der Waals surface area (Å²) in [5, 5.41) is 0.713. The Balaban J connectivity index is 1.94. The van der Waals surface area contributed by atoms with Crippen LogP contribution in [0.5, 0.6) is 11.5 Å². The molecule has 0 fully saturated rings. The van der Waals surface area contributed by atoms with Crippen LogP contribution in [0.25, 0.3) is 22.2 Å². The van der Waals surface area contributed by atoms with Crippen LogP contribution in [0.15, 0.2) is 77.7 Å². The molecule has 1 aromatic heterocycles. The van der Waals surface area contributed by atoms with E-state index >= 15 is 0 Å². The van der Waals surface area contributed by atoms with Crippen LogP contribution in [0.2, 0.25) is 0 Å². The number of carbonyl (C=O) groups excluding carboxylic acids is 1. The van der Waals surface area contributed by atoms with Gasteiger partial charge in [0.25, 0.3) is 10.0 Å². The average Bonchev–Trinajstić information content (AvgIpc) is 3.27. The number of methoxy groups -OCH3 is 1. The third kappa shape index (κ3) is 5.10. The maximum absolute atomic E-state index is 13.9. The third-order valence-electron chi connectivity index (χ3n) is 5.92. The lowest BCUT2D eigenvalue weighted by molar-refractivity contribution is -0.107. The normalized spacial score (nSPS) is 11.5. The fourth-order valence-electron chi connectivity index (χ4n) is 4.13. The highest BCUT2D eigenvalue weighted by molar-refractivity contribution is 7.90. The number of rotatable bonds is 11. The molecule has 4 rings (SSSR count). The molecule has 0 aliphatic heterocycles. The molecule has 0 unspecified atom stereocenters. The highest BCUT2D eigenvalue weighted by Crippen LogP contribution is 2.37. The first-order valence-corrected chi connectivity index (χ1v) is 13.1. The Morgan fingerprint density at radius 3 is 2.40 bits per heavy atom. The zero-order valence-electron chi connectivity index (χ0n) is 19.9. The van der Waals surface area contributed by atoms with E-state index in [0.717, 1.165) is 31.1 Å². The molecule has 0 spiro atoms. The molecule has 35 heavy (non-hydrogen) atoms. The Morgan fingerprint density at radius 2 is 1.69 bits per heavy atom. The van der Waals surface area contributed by atoms with Gasteiger partial charge in [0, 0.05) is 17.4 Å². The van der Waals surface area contributed by atoms with E-state index in [0.29, 0.717) is 40.3 Å². The molecule has 7 heteroatoms. The molecule has 0 atom stereocenters. The van der Waals surface area contributed by atoms with Crippen molar-refractivity contribution in [2.45, 2.75) is 37.5 Å². The summed E-state index contributed by atoms with van der Waals surface area (Å²) in [7, 11) is -2.37. The number of nitrogens with zero attached hydrogens (tertiary/aromatic N) is 1. The van der Waals surface area contributed by atoms with Crippen molar-refractivity contribution >= 4 is 27.2 Å². The van der Waals surface area contributed by atoms with Crippen LogP contribution >= 0.6 is 0 Å². The molecule has 3 aromatic carbocycles. The number of hydrogen-bond acceptors (Lipinski definition) is 5. The lowest BCUT2D eigenvalue weighted by Gasteiger charge is -2.16. The first kappa shape index (κ1) is 24.5. The standard InChI is InChI=1S/C28H29NO5S/c1-3-4-8-17-34-24-12-11-21(15-16-30)26(20-24)28-19-22-18-23(33-2)13-14-27(22)29(28)35(31,32)25-9-6-5-7-10-25/h5-7,9-14,16,18-20H,3-4,8,15,17H2,1-2H3. The summed E-state index contributed by atoms with van der Waals surface area (Å²) in [6, 6.07) is 20.9. The predicted molar refractivity (Wildman–Crippen MR) is 138 cm³/mol. The molecular formula is C28H29NO5S. The second-order valence-electron chi connectivity index (χ2n) is 8.28. The number of carbonyl (C=O) groups is 1. The summed E-state index contributed by atoms with van der Waals surface area (Å²) in [6.45, 7) is 2.70. The Morgan fingerprint density at radius 1 is 0.914 bits per heavy atom. The molecule has 0 saturated carbocycles. The predicted octanol–water partition coefficient (Wildman–Crippen LogP) is 5.86.